The van der Waals surface area contributed by atoms with Gasteiger partial charge in [-0.2, -0.15) is 4.98 Å². The number of carbonyl (C=O) groups excluding carboxylic acids is 1. The lowest BCUT2D eigenvalue weighted by Crippen LogP contribution is -2.31. The fraction of sp³-hybridized carbons (Fsp3) is 0.476. The highest BCUT2D eigenvalue weighted by Crippen LogP contribution is 2.35. The second-order valence-corrected chi connectivity index (χ2v) is 7.58. The highest BCUT2D eigenvalue weighted by atomic mass is 16.5. The predicted octanol–water partition coefficient (Wildman–Crippen LogP) is 3.97. The first-order chi connectivity index (χ1) is 13.3. The minimum absolute atomic E-state index is 0.0537. The number of nitrogens with zero attached hydrogens (tertiary/aromatic N) is 3. The number of nitrogens with one attached hydrogen (secondary N) is 1. The summed E-state index contributed by atoms with van der Waals surface area (Å²) in [5.74, 6) is 1.32. The molecule has 1 atom stereocenters. The maximum absolute atomic E-state index is 13.4. The minimum Gasteiger partial charge on any atom is -0.358 e. The van der Waals surface area contributed by atoms with Crippen LogP contribution in [0, 0.1) is 0 Å². The average molecular weight is 364 g/mol. The number of aryl methyl sites for hydroxylation is 3. The van der Waals surface area contributed by atoms with Crippen LogP contribution in [0.25, 0.3) is 10.9 Å². The molecule has 0 saturated carbocycles. The molecule has 1 amide bonds. The maximum Gasteiger partial charge on any atom is 0.256 e. The number of carbonyl (C=O) groups is 1. The molecule has 27 heavy (non-hydrogen) atoms. The van der Waals surface area contributed by atoms with Crippen molar-refractivity contribution in [3.05, 3.63) is 46.7 Å². The van der Waals surface area contributed by atoms with Gasteiger partial charge in [0.25, 0.3) is 5.91 Å². The van der Waals surface area contributed by atoms with Crippen molar-refractivity contribution in [3.63, 3.8) is 0 Å². The van der Waals surface area contributed by atoms with Crippen molar-refractivity contribution in [3.8, 4) is 0 Å². The van der Waals surface area contributed by atoms with E-state index < -0.39 is 0 Å². The van der Waals surface area contributed by atoms with Crippen molar-refractivity contribution in [2.24, 2.45) is 0 Å². The number of likely N-dealkylation sites (tertiary alicyclic amines) is 1. The SMILES string of the molecule is CCc1noc(C2CCCN2C(=O)c2cccc3c4c([nH]c23)CCCC4)n1. The summed E-state index contributed by atoms with van der Waals surface area (Å²) in [6.07, 6.45) is 7.17. The van der Waals surface area contributed by atoms with Gasteiger partial charge in [-0.3, -0.25) is 4.79 Å². The van der Waals surface area contributed by atoms with Crippen molar-refractivity contribution in [2.45, 2.75) is 57.9 Å². The van der Waals surface area contributed by atoms with Crippen LogP contribution in [0.1, 0.15) is 72.0 Å². The van der Waals surface area contributed by atoms with E-state index in [1.54, 1.807) is 0 Å². The van der Waals surface area contributed by atoms with E-state index in [0.717, 1.165) is 49.7 Å². The number of hydrogen-bond acceptors (Lipinski definition) is 4. The van der Waals surface area contributed by atoms with Gasteiger partial charge in [-0.05, 0) is 50.2 Å². The van der Waals surface area contributed by atoms with Crippen molar-refractivity contribution < 1.29 is 9.32 Å². The Kier molecular flexibility index (Phi) is 3.99. The molecular formula is C21H24N4O2. The molecule has 1 aliphatic heterocycles. The number of benzene rings is 1. The molecule has 1 fully saturated rings. The van der Waals surface area contributed by atoms with Gasteiger partial charge in [0.2, 0.25) is 5.89 Å². The fourth-order valence-electron chi connectivity index (χ4n) is 4.58. The molecule has 2 aromatic heterocycles. The molecule has 0 radical (unpaired) electrons. The monoisotopic (exact) mass is 364 g/mol. The van der Waals surface area contributed by atoms with Crippen LogP contribution >= 0.6 is 0 Å². The third kappa shape index (κ3) is 2.66. The second-order valence-electron chi connectivity index (χ2n) is 7.58. The Hall–Kier alpha value is -2.63. The summed E-state index contributed by atoms with van der Waals surface area (Å²) in [6.45, 7) is 2.73. The zero-order valence-electron chi connectivity index (χ0n) is 15.6. The largest absolute Gasteiger partial charge is 0.358 e. The first kappa shape index (κ1) is 16.5. The minimum atomic E-state index is -0.120. The van der Waals surface area contributed by atoms with Crippen LogP contribution in [-0.2, 0) is 19.3 Å². The molecule has 1 unspecified atom stereocenters. The standard InChI is InChI=1S/C21H24N4O2/c1-2-18-23-20(27-24-18)17-11-6-12-25(17)21(26)15-9-5-8-14-13-7-3-4-10-16(13)22-19(14)15/h5,8-9,17,22H,2-4,6-7,10-12H2,1H3. The fourth-order valence-corrected chi connectivity index (χ4v) is 4.58. The Morgan fingerprint density at radius 3 is 3.04 bits per heavy atom. The van der Waals surface area contributed by atoms with E-state index >= 15 is 0 Å². The molecular weight excluding hydrogens is 340 g/mol. The lowest BCUT2D eigenvalue weighted by Gasteiger charge is -2.22. The molecule has 5 rings (SSSR count). The lowest BCUT2D eigenvalue weighted by molar-refractivity contribution is 0.0712. The third-order valence-corrected chi connectivity index (χ3v) is 5.96. The molecule has 1 saturated heterocycles. The number of rotatable bonds is 3. The van der Waals surface area contributed by atoms with Crippen LogP contribution in [-0.4, -0.2) is 32.5 Å². The molecule has 1 N–H and O–H groups in total. The summed E-state index contributed by atoms with van der Waals surface area (Å²) in [7, 11) is 0. The van der Waals surface area contributed by atoms with Gasteiger partial charge in [-0.1, -0.05) is 24.2 Å². The van der Waals surface area contributed by atoms with Gasteiger partial charge < -0.3 is 14.4 Å². The Labute approximate surface area is 157 Å². The van der Waals surface area contributed by atoms with Gasteiger partial charge >= 0.3 is 0 Å². The van der Waals surface area contributed by atoms with E-state index in [1.165, 1.54) is 29.5 Å². The topological polar surface area (TPSA) is 75.0 Å². The van der Waals surface area contributed by atoms with Gasteiger partial charge in [0.1, 0.15) is 6.04 Å². The van der Waals surface area contributed by atoms with Gasteiger partial charge in [0.15, 0.2) is 5.82 Å². The van der Waals surface area contributed by atoms with Crippen molar-refractivity contribution in [1.29, 1.82) is 0 Å². The van der Waals surface area contributed by atoms with Crippen LogP contribution in [0.3, 0.4) is 0 Å². The lowest BCUT2D eigenvalue weighted by atomic mass is 9.95. The molecule has 1 aliphatic carbocycles. The number of aromatic nitrogens is 3. The smallest absolute Gasteiger partial charge is 0.256 e. The number of hydrogen-bond donors (Lipinski definition) is 1. The highest BCUT2D eigenvalue weighted by Gasteiger charge is 2.35. The van der Waals surface area contributed by atoms with Gasteiger partial charge in [0.05, 0.1) is 11.1 Å². The Bertz CT molecular complexity index is 1000. The van der Waals surface area contributed by atoms with Crippen molar-refractivity contribution in [2.75, 3.05) is 6.54 Å². The average Bonchev–Trinajstić information content (AvgIpc) is 3.43. The number of amides is 1. The summed E-state index contributed by atoms with van der Waals surface area (Å²) in [6, 6.07) is 5.96. The first-order valence-corrected chi connectivity index (χ1v) is 10.0. The Morgan fingerprint density at radius 2 is 2.19 bits per heavy atom. The predicted molar refractivity (Wildman–Crippen MR) is 102 cm³/mol. The van der Waals surface area contributed by atoms with Crippen molar-refractivity contribution in [1.82, 2.24) is 20.0 Å². The quantitative estimate of drug-likeness (QED) is 0.763. The zero-order valence-corrected chi connectivity index (χ0v) is 15.6. The van der Waals surface area contributed by atoms with Crippen molar-refractivity contribution >= 4 is 16.8 Å². The number of fused-ring (bicyclic) bond motifs is 3. The molecule has 0 spiro atoms. The summed E-state index contributed by atoms with van der Waals surface area (Å²) >= 11 is 0. The van der Waals surface area contributed by atoms with Crippen LogP contribution in [0.2, 0.25) is 0 Å². The van der Waals surface area contributed by atoms with E-state index in [-0.39, 0.29) is 11.9 Å². The Balaban J connectivity index is 1.52. The maximum atomic E-state index is 13.4. The van der Waals surface area contributed by atoms with Gasteiger partial charge in [-0.15, -0.1) is 0 Å². The number of H-pyrrole nitrogens is 1. The van der Waals surface area contributed by atoms with Crippen LogP contribution < -0.4 is 0 Å². The second kappa shape index (κ2) is 6.51. The molecule has 3 heterocycles. The normalized spacial score (nSPS) is 19.6. The van der Waals surface area contributed by atoms with Gasteiger partial charge in [-0.25, -0.2) is 0 Å². The summed E-state index contributed by atoms with van der Waals surface area (Å²) in [4.78, 5) is 23.4. The zero-order chi connectivity index (χ0) is 18.4. The van der Waals surface area contributed by atoms with E-state index in [4.69, 9.17) is 4.52 Å². The summed E-state index contributed by atoms with van der Waals surface area (Å²) in [5.41, 5.74) is 4.44. The molecule has 6 heteroatoms. The molecule has 2 aliphatic rings. The van der Waals surface area contributed by atoms with E-state index in [0.29, 0.717) is 11.7 Å². The van der Waals surface area contributed by atoms with Gasteiger partial charge in [0, 0.05) is 24.0 Å². The summed E-state index contributed by atoms with van der Waals surface area (Å²) < 4.78 is 5.45. The Morgan fingerprint density at radius 1 is 1.30 bits per heavy atom. The molecule has 0 bridgehead atoms. The molecule has 3 aromatic rings. The van der Waals surface area contributed by atoms with E-state index in [2.05, 4.69) is 21.2 Å². The van der Waals surface area contributed by atoms with Crippen LogP contribution in [0.4, 0.5) is 0 Å². The molecule has 6 nitrogen and oxygen atoms in total. The highest BCUT2D eigenvalue weighted by molar-refractivity contribution is 6.07. The first-order valence-electron chi connectivity index (χ1n) is 10.0. The van der Waals surface area contributed by atoms with E-state index in [9.17, 15) is 4.79 Å². The summed E-state index contributed by atoms with van der Waals surface area (Å²) in [5, 5.41) is 5.22. The molecule has 140 valence electrons. The van der Waals surface area contributed by atoms with Crippen LogP contribution in [0.5, 0.6) is 0 Å². The van der Waals surface area contributed by atoms with E-state index in [1.807, 2.05) is 24.0 Å². The number of para-hydroxylation sites is 1. The third-order valence-electron chi connectivity index (χ3n) is 5.96. The van der Waals surface area contributed by atoms with Crippen LogP contribution in [0.15, 0.2) is 22.7 Å². The number of aromatic amines is 1. The molecule has 1 aromatic carbocycles.